The Kier molecular flexibility index (Phi) is 9.87. The Morgan fingerprint density at radius 3 is 2.37 bits per heavy atom. The molecule has 7 heteroatoms. The van der Waals surface area contributed by atoms with Gasteiger partial charge in [-0.3, -0.25) is 4.79 Å². The summed E-state index contributed by atoms with van der Waals surface area (Å²) in [6.07, 6.45) is 5.53. The molecule has 2 aliphatic carbocycles. The summed E-state index contributed by atoms with van der Waals surface area (Å²) < 4.78 is 0. The van der Waals surface area contributed by atoms with E-state index >= 15 is 0 Å². The maximum atomic E-state index is 12.8. The highest BCUT2D eigenvalue weighted by atomic mass is 35.5. The first-order valence-electron chi connectivity index (χ1n) is 9.41. The number of carbonyl (C=O) groups is 1. The predicted octanol–water partition coefficient (Wildman–Crippen LogP) is 4.06. The molecule has 0 saturated heterocycles. The van der Waals surface area contributed by atoms with Gasteiger partial charge >= 0.3 is 0 Å². The van der Waals surface area contributed by atoms with E-state index in [1.165, 1.54) is 19.3 Å². The van der Waals surface area contributed by atoms with Gasteiger partial charge in [0.2, 0.25) is 5.91 Å². The molecule has 2 bridgehead atoms. The fourth-order valence-corrected chi connectivity index (χ4v) is 4.92. The molecule has 0 radical (unpaired) electrons. The van der Waals surface area contributed by atoms with E-state index < -0.39 is 0 Å². The lowest BCUT2D eigenvalue weighted by atomic mass is 9.65. The number of benzene rings is 1. The number of nitrogens with zero attached hydrogens (tertiary/aromatic N) is 1. The Morgan fingerprint density at radius 1 is 1.22 bits per heavy atom. The summed E-state index contributed by atoms with van der Waals surface area (Å²) in [5.41, 5.74) is 7.40. The van der Waals surface area contributed by atoms with Gasteiger partial charge in [-0.15, -0.1) is 24.8 Å². The zero-order chi connectivity index (χ0) is 18.0. The van der Waals surface area contributed by atoms with E-state index in [1.807, 2.05) is 38.4 Å². The first kappa shape index (κ1) is 24.5. The van der Waals surface area contributed by atoms with Crippen LogP contribution in [0.25, 0.3) is 0 Å². The SMILES string of the molecule is CN(C)C(CNC(=O)C1CC2CCCC(C1)C2N)c1ccccc1Cl.Cl.Cl. The van der Waals surface area contributed by atoms with E-state index in [0.29, 0.717) is 24.4 Å². The summed E-state index contributed by atoms with van der Waals surface area (Å²) in [4.78, 5) is 14.9. The van der Waals surface area contributed by atoms with Crippen LogP contribution in [0.1, 0.15) is 43.7 Å². The molecule has 0 aliphatic heterocycles. The molecule has 0 spiro atoms. The fourth-order valence-electron chi connectivity index (χ4n) is 4.66. The molecule has 0 aromatic heterocycles. The van der Waals surface area contributed by atoms with Gasteiger partial charge in [-0.05, 0) is 63.2 Å². The number of fused-ring (bicyclic) bond motifs is 2. The normalized spacial score (nSPS) is 27.9. The zero-order valence-electron chi connectivity index (χ0n) is 16.1. The average Bonchev–Trinajstić information content (AvgIpc) is 2.56. The van der Waals surface area contributed by atoms with Crippen molar-refractivity contribution < 1.29 is 4.79 Å². The topological polar surface area (TPSA) is 58.4 Å². The highest BCUT2D eigenvalue weighted by Gasteiger charge is 2.40. The summed E-state index contributed by atoms with van der Waals surface area (Å²) in [6, 6.07) is 8.23. The van der Waals surface area contributed by atoms with Crippen molar-refractivity contribution >= 4 is 42.3 Å². The highest BCUT2D eigenvalue weighted by Crippen LogP contribution is 2.42. The van der Waals surface area contributed by atoms with Crippen LogP contribution < -0.4 is 11.1 Å². The Hall–Kier alpha value is -0.520. The van der Waals surface area contributed by atoms with Gasteiger partial charge in [0.05, 0.1) is 6.04 Å². The van der Waals surface area contributed by atoms with E-state index in [2.05, 4.69) is 10.2 Å². The van der Waals surface area contributed by atoms with Crippen LogP contribution in [0.5, 0.6) is 0 Å². The van der Waals surface area contributed by atoms with E-state index in [0.717, 1.165) is 23.4 Å². The van der Waals surface area contributed by atoms with Crippen LogP contribution in [0, 0.1) is 17.8 Å². The lowest BCUT2D eigenvalue weighted by Gasteiger charge is -2.43. The maximum Gasteiger partial charge on any atom is 0.223 e. The van der Waals surface area contributed by atoms with E-state index in [-0.39, 0.29) is 42.7 Å². The second-order valence-electron chi connectivity index (χ2n) is 7.94. The Labute approximate surface area is 180 Å². The van der Waals surface area contributed by atoms with Crippen molar-refractivity contribution in [3.8, 4) is 0 Å². The van der Waals surface area contributed by atoms with E-state index in [4.69, 9.17) is 17.3 Å². The molecule has 0 heterocycles. The van der Waals surface area contributed by atoms with Crippen molar-refractivity contribution in [1.82, 2.24) is 10.2 Å². The molecule has 154 valence electrons. The van der Waals surface area contributed by atoms with Crippen LogP contribution in [0.4, 0.5) is 0 Å². The largest absolute Gasteiger partial charge is 0.354 e. The third kappa shape index (κ3) is 5.74. The molecular weight excluding hydrogens is 405 g/mol. The minimum absolute atomic E-state index is 0. The summed E-state index contributed by atoms with van der Waals surface area (Å²) >= 11 is 6.35. The van der Waals surface area contributed by atoms with Gasteiger partial charge in [0.1, 0.15) is 0 Å². The van der Waals surface area contributed by atoms with Gasteiger partial charge < -0.3 is 16.0 Å². The van der Waals surface area contributed by atoms with Crippen LogP contribution in [0.3, 0.4) is 0 Å². The van der Waals surface area contributed by atoms with Crippen LogP contribution in [-0.2, 0) is 4.79 Å². The molecule has 2 fully saturated rings. The molecule has 2 saturated carbocycles. The Bertz CT molecular complexity index is 600. The number of nitrogens with one attached hydrogen (secondary N) is 1. The monoisotopic (exact) mass is 435 g/mol. The van der Waals surface area contributed by atoms with Crippen molar-refractivity contribution in [2.75, 3.05) is 20.6 Å². The molecule has 3 N–H and O–H groups in total. The zero-order valence-corrected chi connectivity index (χ0v) is 18.5. The van der Waals surface area contributed by atoms with Crippen molar-refractivity contribution in [2.24, 2.45) is 23.5 Å². The molecule has 27 heavy (non-hydrogen) atoms. The van der Waals surface area contributed by atoms with E-state index in [1.54, 1.807) is 0 Å². The molecule has 1 aromatic carbocycles. The molecular formula is C20H32Cl3N3O. The lowest BCUT2D eigenvalue weighted by molar-refractivity contribution is -0.128. The molecule has 2 aliphatic rings. The predicted molar refractivity (Wildman–Crippen MR) is 117 cm³/mol. The molecule has 1 amide bonds. The molecule has 4 nitrogen and oxygen atoms in total. The average molecular weight is 437 g/mol. The number of carbonyl (C=O) groups excluding carboxylic acids is 1. The minimum Gasteiger partial charge on any atom is -0.354 e. The Balaban J connectivity index is 0.00000182. The first-order chi connectivity index (χ1) is 12.0. The van der Waals surface area contributed by atoms with Gasteiger partial charge in [-0.1, -0.05) is 36.2 Å². The number of amides is 1. The molecule has 1 aromatic rings. The van der Waals surface area contributed by atoms with E-state index in [9.17, 15) is 4.79 Å². The van der Waals surface area contributed by atoms with Gasteiger partial charge in [0.25, 0.3) is 0 Å². The third-order valence-corrected chi connectivity index (χ3v) is 6.49. The Morgan fingerprint density at radius 2 is 1.81 bits per heavy atom. The van der Waals surface area contributed by atoms with Crippen LogP contribution in [-0.4, -0.2) is 37.5 Å². The number of hydrogen-bond acceptors (Lipinski definition) is 3. The van der Waals surface area contributed by atoms with Crippen LogP contribution in [0.15, 0.2) is 24.3 Å². The van der Waals surface area contributed by atoms with Crippen molar-refractivity contribution in [3.63, 3.8) is 0 Å². The summed E-state index contributed by atoms with van der Waals surface area (Å²) in [6.45, 7) is 0.577. The van der Waals surface area contributed by atoms with Crippen molar-refractivity contribution in [3.05, 3.63) is 34.9 Å². The van der Waals surface area contributed by atoms with Gasteiger partial charge in [-0.25, -0.2) is 0 Å². The highest BCUT2D eigenvalue weighted by molar-refractivity contribution is 6.31. The van der Waals surface area contributed by atoms with Gasteiger partial charge in [0, 0.05) is 23.5 Å². The number of nitrogens with two attached hydrogens (primary N) is 1. The summed E-state index contributed by atoms with van der Waals surface area (Å²) in [7, 11) is 4.04. The maximum absolute atomic E-state index is 12.8. The standard InChI is InChI=1S/C20H30ClN3O.2ClH/c1-24(2)18(16-8-3-4-9-17(16)21)12-23-20(25)15-10-13-6-5-7-14(11-15)19(13)22;;/h3-4,8-9,13-15,18-19H,5-7,10-12,22H2,1-2H3,(H,23,25);2*1H. The number of rotatable bonds is 5. The van der Waals surface area contributed by atoms with Gasteiger partial charge in [0.15, 0.2) is 0 Å². The third-order valence-electron chi connectivity index (χ3n) is 6.14. The molecule has 3 rings (SSSR count). The number of likely N-dealkylation sites (N-methyl/N-ethyl adjacent to an activating group) is 1. The van der Waals surface area contributed by atoms with Crippen molar-refractivity contribution in [2.45, 2.75) is 44.2 Å². The molecule has 3 atom stereocenters. The number of hydrogen-bond donors (Lipinski definition) is 2. The minimum atomic E-state index is 0. The lowest BCUT2D eigenvalue weighted by Crippen LogP contribution is -2.49. The smallest absolute Gasteiger partial charge is 0.223 e. The fraction of sp³-hybridized carbons (Fsp3) is 0.650. The second-order valence-corrected chi connectivity index (χ2v) is 8.35. The number of halogens is 3. The second kappa shape index (κ2) is 10.9. The summed E-state index contributed by atoms with van der Waals surface area (Å²) in [5, 5.41) is 3.93. The summed E-state index contributed by atoms with van der Waals surface area (Å²) in [5.74, 6) is 1.35. The molecule has 3 unspecified atom stereocenters. The van der Waals surface area contributed by atoms with Crippen LogP contribution in [0.2, 0.25) is 5.02 Å². The van der Waals surface area contributed by atoms with Gasteiger partial charge in [-0.2, -0.15) is 0 Å². The first-order valence-corrected chi connectivity index (χ1v) is 9.79. The van der Waals surface area contributed by atoms with Crippen LogP contribution >= 0.6 is 36.4 Å². The van der Waals surface area contributed by atoms with Crippen molar-refractivity contribution in [1.29, 1.82) is 0 Å². The quantitative estimate of drug-likeness (QED) is 0.732.